The van der Waals surface area contributed by atoms with Gasteiger partial charge in [0.15, 0.2) is 0 Å². The molecule has 0 amide bonds. The molecule has 4 heteroatoms. The van der Waals surface area contributed by atoms with Crippen molar-refractivity contribution in [1.82, 2.24) is 0 Å². The average Bonchev–Trinajstić information content (AvgIpc) is 3.38. The van der Waals surface area contributed by atoms with E-state index in [9.17, 15) is 9.90 Å². The first kappa shape index (κ1) is 16.2. The number of hydrogen-bond acceptors (Lipinski definition) is 4. The van der Waals surface area contributed by atoms with Gasteiger partial charge in [0, 0.05) is 23.6 Å². The number of rotatable bonds is 3. The molecule has 132 valence electrons. The maximum Gasteiger partial charge on any atom is 0.343 e. The maximum absolute atomic E-state index is 12.8. The van der Waals surface area contributed by atoms with Gasteiger partial charge in [0.05, 0.1) is 5.56 Å². The van der Waals surface area contributed by atoms with Crippen molar-refractivity contribution in [3.05, 3.63) is 57.1 Å². The zero-order valence-electron chi connectivity index (χ0n) is 14.5. The lowest BCUT2D eigenvalue weighted by molar-refractivity contribution is 0.382. The highest BCUT2D eigenvalue weighted by molar-refractivity contribution is 5.50. The molecule has 0 radical (unpaired) electrons. The molecule has 1 aromatic carbocycles. The van der Waals surface area contributed by atoms with E-state index < -0.39 is 0 Å². The van der Waals surface area contributed by atoms with Gasteiger partial charge in [-0.15, -0.1) is 0 Å². The van der Waals surface area contributed by atoms with Crippen LogP contribution in [-0.4, -0.2) is 5.11 Å². The summed E-state index contributed by atoms with van der Waals surface area (Å²) in [4.78, 5) is 12.8. The third-order valence-corrected chi connectivity index (χ3v) is 5.57. The summed E-state index contributed by atoms with van der Waals surface area (Å²) in [6.45, 7) is 0. The summed E-state index contributed by atoms with van der Waals surface area (Å²) in [5, 5.41) is 11.0. The maximum atomic E-state index is 12.8. The lowest BCUT2D eigenvalue weighted by Gasteiger charge is -2.21. The fraction of sp³-hybridized carbons (Fsp3) is 0.476. The molecule has 4 nitrogen and oxygen atoms in total. The first-order valence-electron chi connectivity index (χ1n) is 9.38. The molecule has 2 aliphatic carbocycles. The van der Waals surface area contributed by atoms with Crippen LogP contribution in [0.3, 0.4) is 0 Å². The standard InChI is InChI=1S/C21H25NO3/c22-15-7-5-6-14(12-15)18(13-10-11-13)19-20(23)16-8-3-1-2-4-9-17(16)25-21(19)24/h5-7,12-13,18,23H,1-4,8-11,22H2/t18-/m0/s1. The number of nitrogen functional groups attached to an aromatic ring is 1. The minimum Gasteiger partial charge on any atom is -0.507 e. The van der Waals surface area contributed by atoms with Crippen LogP contribution in [0.5, 0.6) is 5.75 Å². The third kappa shape index (κ3) is 3.17. The number of benzene rings is 1. The van der Waals surface area contributed by atoms with E-state index >= 15 is 0 Å². The van der Waals surface area contributed by atoms with Gasteiger partial charge in [-0.3, -0.25) is 0 Å². The minimum atomic E-state index is -0.379. The quantitative estimate of drug-likeness (QED) is 0.824. The van der Waals surface area contributed by atoms with Crippen LogP contribution in [0, 0.1) is 5.92 Å². The SMILES string of the molecule is Nc1cccc([C@@H](c2c(O)c3c(oc2=O)CCCCCC3)C2CC2)c1. The van der Waals surface area contributed by atoms with Crippen molar-refractivity contribution in [2.24, 2.45) is 5.92 Å². The van der Waals surface area contributed by atoms with Crippen molar-refractivity contribution in [1.29, 1.82) is 0 Å². The van der Waals surface area contributed by atoms with E-state index in [1.807, 2.05) is 24.3 Å². The second-order valence-corrected chi connectivity index (χ2v) is 7.45. The van der Waals surface area contributed by atoms with Crippen LogP contribution in [0.1, 0.15) is 66.9 Å². The van der Waals surface area contributed by atoms with Crippen molar-refractivity contribution >= 4 is 5.69 Å². The Morgan fingerprint density at radius 1 is 1.12 bits per heavy atom. The van der Waals surface area contributed by atoms with E-state index in [0.717, 1.165) is 62.5 Å². The van der Waals surface area contributed by atoms with Gasteiger partial charge in [-0.05, 0) is 55.7 Å². The third-order valence-electron chi connectivity index (χ3n) is 5.57. The molecule has 1 fully saturated rings. The van der Waals surface area contributed by atoms with Crippen molar-refractivity contribution in [3.63, 3.8) is 0 Å². The number of aryl methyl sites for hydroxylation is 1. The van der Waals surface area contributed by atoms with Gasteiger partial charge in [-0.25, -0.2) is 4.79 Å². The molecule has 4 rings (SSSR count). The van der Waals surface area contributed by atoms with Crippen LogP contribution in [0.25, 0.3) is 0 Å². The summed E-state index contributed by atoms with van der Waals surface area (Å²) in [6, 6.07) is 7.66. The summed E-state index contributed by atoms with van der Waals surface area (Å²) in [7, 11) is 0. The van der Waals surface area contributed by atoms with E-state index in [-0.39, 0.29) is 17.3 Å². The molecular formula is C21H25NO3. The van der Waals surface area contributed by atoms with E-state index in [0.29, 0.717) is 22.9 Å². The van der Waals surface area contributed by atoms with Crippen molar-refractivity contribution in [3.8, 4) is 5.75 Å². The second kappa shape index (κ2) is 6.58. The van der Waals surface area contributed by atoms with Crippen LogP contribution < -0.4 is 11.4 Å². The smallest absolute Gasteiger partial charge is 0.343 e. The summed E-state index contributed by atoms with van der Waals surface area (Å²) < 4.78 is 5.71. The van der Waals surface area contributed by atoms with E-state index in [2.05, 4.69) is 0 Å². The first-order chi connectivity index (χ1) is 12.1. The Hall–Kier alpha value is -2.23. The summed E-state index contributed by atoms with van der Waals surface area (Å²) in [5.41, 5.74) is 8.54. The van der Waals surface area contributed by atoms with Gasteiger partial charge in [0.2, 0.25) is 0 Å². The Kier molecular flexibility index (Phi) is 4.28. The summed E-state index contributed by atoms with van der Waals surface area (Å²) in [5.74, 6) is 1.11. The molecular weight excluding hydrogens is 314 g/mol. The molecule has 0 unspecified atom stereocenters. The molecule has 1 heterocycles. The topological polar surface area (TPSA) is 76.5 Å². The lowest BCUT2D eigenvalue weighted by atomic mass is 9.85. The molecule has 1 aromatic heterocycles. The number of hydrogen-bond donors (Lipinski definition) is 2. The number of fused-ring (bicyclic) bond motifs is 1. The molecule has 2 aromatic rings. The van der Waals surface area contributed by atoms with Gasteiger partial charge >= 0.3 is 5.63 Å². The monoisotopic (exact) mass is 339 g/mol. The Morgan fingerprint density at radius 3 is 2.60 bits per heavy atom. The fourth-order valence-corrected chi connectivity index (χ4v) is 4.15. The number of nitrogens with two attached hydrogens (primary N) is 1. The van der Waals surface area contributed by atoms with Gasteiger partial charge in [-0.2, -0.15) is 0 Å². The van der Waals surface area contributed by atoms with Crippen LogP contribution >= 0.6 is 0 Å². The molecule has 0 aliphatic heterocycles. The highest BCUT2D eigenvalue weighted by Crippen LogP contribution is 2.48. The number of aromatic hydroxyl groups is 1. The van der Waals surface area contributed by atoms with Crippen LogP contribution in [0.4, 0.5) is 5.69 Å². The predicted octanol–water partition coefficient (Wildman–Crippen LogP) is 4.13. The first-order valence-corrected chi connectivity index (χ1v) is 9.38. The molecule has 25 heavy (non-hydrogen) atoms. The van der Waals surface area contributed by atoms with Crippen LogP contribution in [0.15, 0.2) is 33.5 Å². The Balaban J connectivity index is 1.85. The lowest BCUT2D eigenvalue weighted by Crippen LogP contribution is -2.19. The Morgan fingerprint density at radius 2 is 1.88 bits per heavy atom. The minimum absolute atomic E-state index is 0.129. The number of anilines is 1. The fourth-order valence-electron chi connectivity index (χ4n) is 4.15. The highest BCUT2D eigenvalue weighted by Gasteiger charge is 2.38. The summed E-state index contributed by atoms with van der Waals surface area (Å²) >= 11 is 0. The molecule has 3 N–H and O–H groups in total. The van der Waals surface area contributed by atoms with Gasteiger partial charge in [0.1, 0.15) is 11.5 Å². The normalized spacial score (nSPS) is 18.9. The molecule has 2 aliphatic rings. The molecule has 0 saturated heterocycles. The molecule has 0 spiro atoms. The van der Waals surface area contributed by atoms with E-state index in [4.69, 9.17) is 10.2 Å². The highest BCUT2D eigenvalue weighted by atomic mass is 16.4. The predicted molar refractivity (Wildman–Crippen MR) is 97.9 cm³/mol. The second-order valence-electron chi connectivity index (χ2n) is 7.45. The Bertz CT molecular complexity index is 836. The van der Waals surface area contributed by atoms with Crippen LogP contribution in [0.2, 0.25) is 0 Å². The van der Waals surface area contributed by atoms with Crippen molar-refractivity contribution in [2.45, 2.75) is 57.3 Å². The van der Waals surface area contributed by atoms with Crippen molar-refractivity contribution in [2.75, 3.05) is 5.73 Å². The Labute approximate surface area is 147 Å². The molecule has 0 bridgehead atoms. The zero-order valence-corrected chi connectivity index (χ0v) is 14.5. The van der Waals surface area contributed by atoms with Gasteiger partial charge in [-0.1, -0.05) is 25.0 Å². The van der Waals surface area contributed by atoms with Crippen LogP contribution in [-0.2, 0) is 12.8 Å². The van der Waals surface area contributed by atoms with Crippen molar-refractivity contribution < 1.29 is 9.52 Å². The van der Waals surface area contributed by atoms with Gasteiger partial charge < -0.3 is 15.3 Å². The largest absolute Gasteiger partial charge is 0.507 e. The van der Waals surface area contributed by atoms with Gasteiger partial charge in [0.25, 0.3) is 0 Å². The summed E-state index contributed by atoms with van der Waals surface area (Å²) in [6.07, 6.45) is 8.01. The zero-order chi connectivity index (χ0) is 17.4. The molecule has 1 saturated carbocycles. The van der Waals surface area contributed by atoms with E-state index in [1.54, 1.807) is 0 Å². The van der Waals surface area contributed by atoms with E-state index in [1.165, 1.54) is 0 Å². The molecule has 1 atom stereocenters. The average molecular weight is 339 g/mol.